The average Bonchev–Trinajstić information content (AvgIpc) is 3.01. The van der Waals surface area contributed by atoms with Crippen molar-refractivity contribution in [1.82, 2.24) is 19.9 Å². The van der Waals surface area contributed by atoms with Crippen molar-refractivity contribution >= 4 is 45.0 Å². The summed E-state index contributed by atoms with van der Waals surface area (Å²) in [4.78, 5) is 32.6. The minimum Gasteiger partial charge on any atom is -0.480 e. The van der Waals surface area contributed by atoms with Crippen molar-refractivity contribution in [3.8, 4) is 0 Å². The maximum atomic E-state index is 12.2. The summed E-state index contributed by atoms with van der Waals surface area (Å²) in [6, 6.07) is 14.0. The Morgan fingerprint density at radius 2 is 1.71 bits per heavy atom. The van der Waals surface area contributed by atoms with E-state index in [1.54, 1.807) is 0 Å². The lowest BCUT2D eigenvalue weighted by molar-refractivity contribution is -0.143. The number of aromatic nitrogens is 3. The van der Waals surface area contributed by atoms with Crippen molar-refractivity contribution in [3.63, 3.8) is 0 Å². The Morgan fingerprint density at radius 3 is 2.43 bits per heavy atom. The lowest BCUT2D eigenvalue weighted by atomic mass is 10.2. The molecular weight excluding hydrogens is 360 g/mol. The summed E-state index contributed by atoms with van der Waals surface area (Å²) in [7, 11) is 0. The summed E-state index contributed by atoms with van der Waals surface area (Å²) in [5, 5.41) is 21.3. The van der Waals surface area contributed by atoms with Crippen LogP contribution in [0.4, 0.5) is 0 Å². The largest absolute Gasteiger partial charge is 0.480 e. The summed E-state index contributed by atoms with van der Waals surface area (Å²) in [6.07, 6.45) is 0.0477. The number of carbonyl (C=O) groups is 2. The number of aliphatic hydroxyl groups is 1. The average molecular weight is 378 g/mol. The van der Waals surface area contributed by atoms with Crippen molar-refractivity contribution in [3.05, 3.63) is 48.5 Å². The van der Waals surface area contributed by atoms with Gasteiger partial charge in [0.05, 0.1) is 23.2 Å². The van der Waals surface area contributed by atoms with E-state index >= 15 is 0 Å². The Kier molecular flexibility index (Phi) is 4.62. The van der Waals surface area contributed by atoms with Crippen LogP contribution < -0.4 is 5.32 Å². The molecule has 0 bridgehead atoms. The van der Waals surface area contributed by atoms with Gasteiger partial charge in [-0.1, -0.05) is 30.3 Å². The van der Waals surface area contributed by atoms with Crippen molar-refractivity contribution in [1.29, 1.82) is 0 Å². The van der Waals surface area contributed by atoms with Crippen molar-refractivity contribution < 1.29 is 19.8 Å². The Bertz CT molecular complexity index is 1200. The van der Waals surface area contributed by atoms with Crippen molar-refractivity contribution in [2.45, 2.75) is 19.0 Å². The molecule has 8 nitrogen and oxygen atoms in total. The highest BCUT2D eigenvalue weighted by molar-refractivity contribution is 6.06. The molecule has 142 valence electrons. The molecule has 1 unspecified atom stereocenters. The van der Waals surface area contributed by atoms with E-state index in [1.165, 1.54) is 0 Å². The first kappa shape index (κ1) is 17.9. The van der Waals surface area contributed by atoms with Crippen LogP contribution in [-0.4, -0.2) is 49.3 Å². The summed E-state index contributed by atoms with van der Waals surface area (Å²) >= 11 is 0. The molecule has 2 aromatic heterocycles. The van der Waals surface area contributed by atoms with Crippen LogP contribution in [0, 0.1) is 0 Å². The molecule has 1 atom stereocenters. The summed E-state index contributed by atoms with van der Waals surface area (Å²) in [5.41, 5.74) is 3.88. The van der Waals surface area contributed by atoms with Gasteiger partial charge in [-0.25, -0.2) is 14.8 Å². The fraction of sp³-hybridized carbons (Fsp3) is 0.200. The number of aliphatic carboxylic acids is 1. The molecule has 0 spiro atoms. The molecule has 0 saturated carbocycles. The quantitative estimate of drug-likeness (QED) is 0.470. The number of fused-ring (bicyclic) bond motifs is 4. The first-order valence-electron chi connectivity index (χ1n) is 8.85. The Hall–Kier alpha value is -3.52. The third-order valence-corrected chi connectivity index (χ3v) is 4.64. The van der Waals surface area contributed by atoms with Gasteiger partial charge in [-0.15, -0.1) is 0 Å². The van der Waals surface area contributed by atoms with E-state index < -0.39 is 24.5 Å². The first-order valence-corrected chi connectivity index (χ1v) is 8.85. The van der Waals surface area contributed by atoms with Gasteiger partial charge in [0.25, 0.3) is 0 Å². The predicted octanol–water partition coefficient (Wildman–Crippen LogP) is 1.69. The van der Waals surface area contributed by atoms with Crippen LogP contribution in [0.5, 0.6) is 0 Å². The highest BCUT2D eigenvalue weighted by Gasteiger charge is 2.19. The number of benzene rings is 2. The maximum absolute atomic E-state index is 12.2. The normalized spacial score (nSPS) is 12.5. The fourth-order valence-corrected chi connectivity index (χ4v) is 3.27. The van der Waals surface area contributed by atoms with Gasteiger partial charge in [0.15, 0.2) is 5.65 Å². The Labute approximate surface area is 159 Å². The van der Waals surface area contributed by atoms with E-state index in [0.717, 1.165) is 27.5 Å². The van der Waals surface area contributed by atoms with Gasteiger partial charge in [-0.3, -0.25) is 4.79 Å². The molecular formula is C20H18N4O4. The van der Waals surface area contributed by atoms with Crippen molar-refractivity contribution in [2.24, 2.45) is 0 Å². The van der Waals surface area contributed by atoms with Gasteiger partial charge in [-0.05, 0) is 18.2 Å². The second kappa shape index (κ2) is 7.24. The zero-order valence-electron chi connectivity index (χ0n) is 14.9. The molecule has 0 fully saturated rings. The zero-order valence-corrected chi connectivity index (χ0v) is 14.9. The van der Waals surface area contributed by atoms with Crippen LogP contribution in [0.2, 0.25) is 0 Å². The molecule has 4 rings (SSSR count). The Morgan fingerprint density at radius 1 is 1.04 bits per heavy atom. The molecule has 8 heteroatoms. The number of hydrogen-bond acceptors (Lipinski definition) is 5. The van der Waals surface area contributed by atoms with Crippen LogP contribution in [0.15, 0.2) is 48.5 Å². The number of aryl methyl sites for hydroxylation is 1. The highest BCUT2D eigenvalue weighted by Crippen LogP contribution is 2.28. The number of nitrogens with zero attached hydrogens (tertiary/aromatic N) is 3. The minimum atomic E-state index is -1.31. The van der Waals surface area contributed by atoms with Crippen LogP contribution in [0.25, 0.3) is 33.1 Å². The molecule has 4 aromatic rings. The monoisotopic (exact) mass is 378 g/mol. The van der Waals surface area contributed by atoms with Gasteiger partial charge >= 0.3 is 5.97 Å². The number of aliphatic hydroxyl groups excluding tert-OH is 1. The van der Waals surface area contributed by atoms with Gasteiger partial charge < -0.3 is 20.1 Å². The van der Waals surface area contributed by atoms with E-state index in [9.17, 15) is 9.59 Å². The van der Waals surface area contributed by atoms with E-state index in [4.69, 9.17) is 20.2 Å². The van der Waals surface area contributed by atoms with Gasteiger partial charge in [0.1, 0.15) is 11.6 Å². The van der Waals surface area contributed by atoms with E-state index in [1.807, 2.05) is 53.1 Å². The number of carbonyl (C=O) groups excluding carboxylic acids is 1. The molecule has 3 N–H and O–H groups in total. The maximum Gasteiger partial charge on any atom is 0.328 e. The molecule has 2 aromatic carbocycles. The van der Waals surface area contributed by atoms with Crippen LogP contribution in [0.3, 0.4) is 0 Å². The van der Waals surface area contributed by atoms with Crippen LogP contribution >= 0.6 is 0 Å². The number of rotatable bonds is 6. The predicted molar refractivity (Wildman–Crippen MR) is 104 cm³/mol. The number of nitrogens with one attached hydrogen (secondary N) is 1. The molecule has 0 saturated heterocycles. The second-order valence-electron chi connectivity index (χ2n) is 6.44. The van der Waals surface area contributed by atoms with E-state index in [2.05, 4.69) is 5.32 Å². The highest BCUT2D eigenvalue weighted by atomic mass is 16.4. The molecule has 0 radical (unpaired) electrons. The van der Waals surface area contributed by atoms with E-state index in [0.29, 0.717) is 12.2 Å². The molecule has 0 aliphatic heterocycles. The summed E-state index contributed by atoms with van der Waals surface area (Å²) in [5.74, 6) is -1.73. The van der Waals surface area contributed by atoms with Crippen LogP contribution in [-0.2, 0) is 16.1 Å². The van der Waals surface area contributed by atoms with Gasteiger partial charge in [0, 0.05) is 18.4 Å². The molecule has 2 heterocycles. The number of carboxylic acid groups (broad SMARTS) is 1. The van der Waals surface area contributed by atoms with Crippen LogP contribution in [0.1, 0.15) is 6.42 Å². The smallest absolute Gasteiger partial charge is 0.328 e. The number of amides is 1. The molecule has 0 aliphatic carbocycles. The third-order valence-electron chi connectivity index (χ3n) is 4.64. The summed E-state index contributed by atoms with van der Waals surface area (Å²) < 4.78 is 1.92. The molecule has 0 aliphatic rings. The number of para-hydroxylation sites is 3. The lowest BCUT2D eigenvalue weighted by Gasteiger charge is -2.12. The SMILES string of the molecule is O=C(CCn1c2ccccc2c2nc3ccccc3nc21)NC(CO)C(=O)O. The minimum absolute atomic E-state index is 0.0477. The van der Waals surface area contributed by atoms with E-state index in [-0.39, 0.29) is 6.42 Å². The molecule has 28 heavy (non-hydrogen) atoms. The number of hydrogen-bond donors (Lipinski definition) is 3. The number of carboxylic acids is 1. The van der Waals surface area contributed by atoms with Gasteiger partial charge in [-0.2, -0.15) is 0 Å². The zero-order chi connectivity index (χ0) is 19.7. The fourth-order valence-electron chi connectivity index (χ4n) is 3.27. The third kappa shape index (κ3) is 3.14. The van der Waals surface area contributed by atoms with Crippen molar-refractivity contribution in [2.75, 3.05) is 6.61 Å². The first-order chi connectivity index (χ1) is 13.6. The lowest BCUT2D eigenvalue weighted by Crippen LogP contribution is -2.43. The Balaban J connectivity index is 1.72. The molecule has 1 amide bonds. The van der Waals surface area contributed by atoms with Gasteiger partial charge in [0.2, 0.25) is 5.91 Å². The second-order valence-corrected chi connectivity index (χ2v) is 6.44. The summed E-state index contributed by atoms with van der Waals surface area (Å²) in [6.45, 7) is -0.353. The topological polar surface area (TPSA) is 117 Å². The standard InChI is InChI=1S/C20H18N4O4/c25-11-15(20(27)28)21-17(26)9-10-24-16-8-4-1-5-12(16)18-19(24)23-14-7-3-2-6-13(14)22-18/h1-8,15,25H,9-11H2,(H,21,26)(H,27,28).